The third-order valence-electron chi connectivity index (χ3n) is 9.21. The number of thioether (sulfide) groups is 1. The standard InChI is InChI=1S/C28H34N2O8S/c1-30(2)21-20-23(33)17-14(11-39-12-7-4-3-5-8-12)13-9-6-10-15(31)16(13)22(32)18(17)25(35)28(20,38)26(36)19(24(21)34)27(29)37/h6,9-10,12,14,17-21,23,31,33,38H,3-5,7-8,11H2,1-2H3,(H2,29,37)/t14-,17?,18?,19?,20?,21-,23-,28-/m0/s1. The molecule has 8 atom stereocenters. The molecule has 4 aliphatic rings. The van der Waals surface area contributed by atoms with Crippen molar-refractivity contribution in [1.29, 1.82) is 0 Å². The Morgan fingerprint density at radius 2 is 1.77 bits per heavy atom. The molecule has 4 unspecified atom stereocenters. The molecule has 3 saturated carbocycles. The van der Waals surface area contributed by atoms with Crippen LogP contribution in [0.1, 0.15) is 53.9 Å². The molecule has 0 heterocycles. The average Bonchev–Trinajstić information content (AvgIpc) is 2.88. The van der Waals surface area contributed by atoms with E-state index < -0.39 is 76.4 Å². The quantitative estimate of drug-likeness (QED) is 0.371. The first-order valence-electron chi connectivity index (χ1n) is 13.4. The predicted octanol–water partition coefficient (Wildman–Crippen LogP) is 0.445. The van der Waals surface area contributed by atoms with Crippen LogP contribution in [0.2, 0.25) is 0 Å². The Bertz CT molecular complexity index is 1240. The second-order valence-electron chi connectivity index (χ2n) is 11.5. The lowest BCUT2D eigenvalue weighted by atomic mass is 9.49. The number of aliphatic hydroxyl groups is 2. The summed E-state index contributed by atoms with van der Waals surface area (Å²) in [5.74, 6) is -12.4. The zero-order valence-electron chi connectivity index (χ0n) is 21.9. The number of carbonyl (C=O) groups excluding carboxylic acids is 5. The minimum absolute atomic E-state index is 0.0643. The fraction of sp³-hybridized carbons (Fsp3) is 0.607. The van der Waals surface area contributed by atoms with Gasteiger partial charge in [0.2, 0.25) is 5.91 Å². The summed E-state index contributed by atoms with van der Waals surface area (Å²) in [4.78, 5) is 68.3. The molecule has 10 nitrogen and oxygen atoms in total. The zero-order valence-corrected chi connectivity index (χ0v) is 22.7. The molecule has 5 N–H and O–H groups in total. The Morgan fingerprint density at radius 1 is 1.10 bits per heavy atom. The molecule has 0 radical (unpaired) electrons. The lowest BCUT2D eigenvalue weighted by Gasteiger charge is -2.56. The van der Waals surface area contributed by atoms with E-state index in [4.69, 9.17) is 5.73 Å². The van der Waals surface area contributed by atoms with Crippen molar-refractivity contribution in [2.75, 3.05) is 19.8 Å². The number of nitrogens with two attached hydrogens (primary N) is 1. The van der Waals surface area contributed by atoms with Crippen molar-refractivity contribution in [1.82, 2.24) is 4.90 Å². The Kier molecular flexibility index (Phi) is 7.24. The minimum Gasteiger partial charge on any atom is -0.507 e. The third kappa shape index (κ3) is 4.08. The molecule has 5 rings (SSSR count). The largest absolute Gasteiger partial charge is 0.507 e. The third-order valence-corrected chi connectivity index (χ3v) is 10.7. The van der Waals surface area contributed by atoms with Gasteiger partial charge in [0.1, 0.15) is 5.75 Å². The van der Waals surface area contributed by atoms with E-state index >= 15 is 0 Å². The molecule has 4 aliphatic carbocycles. The van der Waals surface area contributed by atoms with E-state index in [1.807, 2.05) is 0 Å². The molecule has 11 heteroatoms. The Labute approximate surface area is 230 Å². The summed E-state index contributed by atoms with van der Waals surface area (Å²) < 4.78 is 0. The van der Waals surface area contributed by atoms with Gasteiger partial charge in [0.05, 0.1) is 29.5 Å². The second kappa shape index (κ2) is 10.1. The molecule has 0 aliphatic heterocycles. The first kappa shape index (κ1) is 27.9. The van der Waals surface area contributed by atoms with Gasteiger partial charge in [-0.25, -0.2) is 0 Å². The monoisotopic (exact) mass is 558 g/mol. The number of aromatic hydroxyl groups is 1. The Hall–Kier alpha value is -2.60. The van der Waals surface area contributed by atoms with Crippen LogP contribution in [-0.2, 0) is 19.2 Å². The highest BCUT2D eigenvalue weighted by Crippen LogP contribution is 2.55. The maximum absolute atomic E-state index is 14.1. The normalized spacial score (nSPS) is 36.9. The van der Waals surface area contributed by atoms with E-state index in [0.717, 1.165) is 25.7 Å². The number of aliphatic hydroxyl groups excluding tert-OH is 1. The molecule has 0 spiro atoms. The van der Waals surface area contributed by atoms with Crippen molar-refractivity contribution in [3.63, 3.8) is 0 Å². The number of nitrogens with zero attached hydrogens (tertiary/aromatic N) is 1. The van der Waals surface area contributed by atoms with Gasteiger partial charge in [-0.3, -0.25) is 28.9 Å². The van der Waals surface area contributed by atoms with Gasteiger partial charge in [-0.05, 0) is 38.6 Å². The van der Waals surface area contributed by atoms with E-state index in [0.29, 0.717) is 16.6 Å². The second-order valence-corrected chi connectivity index (χ2v) is 12.9. The van der Waals surface area contributed by atoms with Crippen molar-refractivity contribution < 1.29 is 39.3 Å². The zero-order chi connectivity index (χ0) is 28.4. The van der Waals surface area contributed by atoms with Crippen LogP contribution < -0.4 is 5.73 Å². The van der Waals surface area contributed by atoms with Crippen molar-refractivity contribution in [3.8, 4) is 5.75 Å². The highest BCUT2D eigenvalue weighted by Gasteiger charge is 2.73. The minimum atomic E-state index is -2.98. The van der Waals surface area contributed by atoms with Crippen LogP contribution in [0, 0.1) is 23.7 Å². The summed E-state index contributed by atoms with van der Waals surface area (Å²) in [5.41, 5.74) is 2.80. The molecule has 210 valence electrons. The molecule has 1 aromatic carbocycles. The summed E-state index contributed by atoms with van der Waals surface area (Å²) in [6.45, 7) is 0. The van der Waals surface area contributed by atoms with Crippen LogP contribution in [0.3, 0.4) is 0 Å². The molecule has 0 saturated heterocycles. The molecule has 39 heavy (non-hydrogen) atoms. The molecule has 3 fully saturated rings. The highest BCUT2D eigenvalue weighted by atomic mass is 32.2. The average molecular weight is 559 g/mol. The number of likely N-dealkylation sites (N-methyl/N-ethyl adjacent to an activating group) is 1. The van der Waals surface area contributed by atoms with Gasteiger partial charge in [0, 0.05) is 22.8 Å². The molecule has 0 bridgehead atoms. The summed E-state index contributed by atoms with van der Waals surface area (Å²) in [6, 6.07) is 3.25. The number of hydrogen-bond donors (Lipinski definition) is 4. The SMILES string of the molecule is CN(C)[C@@H]1C(=O)C(C(N)=O)C(=O)[C@@]2(O)C(=O)C3C(=O)c4c(O)cccc4[C@H](CSC4CCCCC4)C3[C@H](O)C12. The number of phenolic OH excluding ortho intramolecular Hbond substituents is 1. The van der Waals surface area contributed by atoms with Gasteiger partial charge < -0.3 is 21.1 Å². The van der Waals surface area contributed by atoms with Crippen molar-refractivity contribution in [2.24, 2.45) is 29.4 Å². The maximum Gasteiger partial charge on any atom is 0.235 e. The molecular weight excluding hydrogens is 524 g/mol. The number of benzene rings is 1. The number of fused-ring (bicyclic) bond motifs is 3. The van der Waals surface area contributed by atoms with Crippen molar-refractivity contribution in [2.45, 2.75) is 61.0 Å². The highest BCUT2D eigenvalue weighted by molar-refractivity contribution is 7.99. The summed E-state index contributed by atoms with van der Waals surface area (Å²) >= 11 is 1.69. The van der Waals surface area contributed by atoms with E-state index in [-0.39, 0.29) is 11.3 Å². The lowest BCUT2D eigenvalue weighted by molar-refractivity contribution is -0.196. The van der Waals surface area contributed by atoms with Gasteiger partial charge in [0.15, 0.2) is 34.7 Å². The molecule has 0 aromatic heterocycles. The van der Waals surface area contributed by atoms with Crippen LogP contribution in [0.25, 0.3) is 0 Å². The number of carbonyl (C=O) groups is 5. The maximum atomic E-state index is 14.1. The van der Waals surface area contributed by atoms with Gasteiger partial charge >= 0.3 is 0 Å². The topological polar surface area (TPSA) is 175 Å². The smallest absolute Gasteiger partial charge is 0.235 e. The summed E-state index contributed by atoms with van der Waals surface area (Å²) in [7, 11) is 2.96. The van der Waals surface area contributed by atoms with Gasteiger partial charge in [-0.2, -0.15) is 11.8 Å². The Morgan fingerprint density at radius 3 is 2.38 bits per heavy atom. The number of phenols is 1. The number of amides is 1. The number of hydrogen-bond acceptors (Lipinski definition) is 10. The molecular formula is C28H34N2O8S. The number of primary amides is 1. The van der Waals surface area contributed by atoms with E-state index in [9.17, 15) is 39.3 Å². The van der Waals surface area contributed by atoms with E-state index in [1.54, 1.807) is 23.9 Å². The van der Waals surface area contributed by atoms with E-state index in [1.165, 1.54) is 31.5 Å². The Balaban J connectivity index is 1.65. The predicted molar refractivity (Wildman–Crippen MR) is 141 cm³/mol. The van der Waals surface area contributed by atoms with Crippen LogP contribution in [0.15, 0.2) is 18.2 Å². The van der Waals surface area contributed by atoms with Gasteiger partial charge in [0.25, 0.3) is 0 Å². The van der Waals surface area contributed by atoms with Crippen LogP contribution in [-0.4, -0.2) is 92.1 Å². The van der Waals surface area contributed by atoms with Crippen molar-refractivity contribution in [3.05, 3.63) is 29.3 Å². The fourth-order valence-electron chi connectivity index (χ4n) is 7.44. The summed E-state index contributed by atoms with van der Waals surface area (Å²) in [5, 5.41) is 34.7. The molecule has 1 amide bonds. The van der Waals surface area contributed by atoms with Crippen LogP contribution in [0.5, 0.6) is 5.75 Å². The number of ketones is 4. The first-order valence-corrected chi connectivity index (χ1v) is 14.4. The fourth-order valence-corrected chi connectivity index (χ4v) is 8.99. The lowest BCUT2D eigenvalue weighted by Crippen LogP contribution is -2.77. The van der Waals surface area contributed by atoms with Crippen LogP contribution >= 0.6 is 11.8 Å². The summed E-state index contributed by atoms with van der Waals surface area (Å²) in [6.07, 6.45) is 3.82. The van der Waals surface area contributed by atoms with Crippen LogP contribution in [0.4, 0.5) is 0 Å². The van der Waals surface area contributed by atoms with E-state index in [2.05, 4.69) is 0 Å². The first-order chi connectivity index (χ1) is 18.4. The number of Topliss-reactive ketones (excluding diaryl/α,β-unsaturated/α-hetero) is 4. The van der Waals surface area contributed by atoms with Crippen molar-refractivity contribution >= 4 is 40.8 Å². The number of rotatable bonds is 5. The van der Waals surface area contributed by atoms with Gasteiger partial charge in [-0.15, -0.1) is 0 Å². The molecule has 1 aromatic rings. The van der Waals surface area contributed by atoms with Gasteiger partial charge in [-0.1, -0.05) is 31.4 Å².